The van der Waals surface area contributed by atoms with Crippen molar-refractivity contribution in [3.8, 4) is 0 Å². The van der Waals surface area contributed by atoms with E-state index >= 15 is 0 Å². The van der Waals surface area contributed by atoms with Gasteiger partial charge in [-0.15, -0.1) is 0 Å². The number of dihydropyridines is 1. The number of nitrogens with one attached hydrogen (secondary N) is 1. The van der Waals surface area contributed by atoms with Crippen molar-refractivity contribution < 1.29 is 0 Å². The Morgan fingerprint density at radius 2 is 2.31 bits per heavy atom. The van der Waals surface area contributed by atoms with Crippen molar-refractivity contribution in [2.75, 3.05) is 5.33 Å². The second-order valence-electron chi connectivity index (χ2n) is 3.02. The van der Waals surface area contributed by atoms with Gasteiger partial charge < -0.3 is 5.32 Å². The van der Waals surface area contributed by atoms with E-state index in [0.29, 0.717) is 5.16 Å². The molecule has 0 saturated carbocycles. The van der Waals surface area contributed by atoms with E-state index < -0.39 is 0 Å². The lowest BCUT2D eigenvalue weighted by molar-refractivity contribution is 0.778. The normalized spacial score (nSPS) is 25.4. The summed E-state index contributed by atoms with van der Waals surface area (Å²) in [4.78, 5) is 0. The first-order valence-corrected chi connectivity index (χ1v) is 5.58. The van der Waals surface area contributed by atoms with Crippen LogP contribution < -0.4 is 5.32 Å². The fourth-order valence-corrected chi connectivity index (χ4v) is 1.94. The molecule has 1 N–H and O–H groups in total. The van der Waals surface area contributed by atoms with Crippen LogP contribution in [0.2, 0.25) is 0 Å². The number of alkyl halides is 1. The van der Waals surface area contributed by atoms with Gasteiger partial charge in [0.1, 0.15) is 5.16 Å². The third-order valence-corrected chi connectivity index (χ3v) is 2.97. The second kappa shape index (κ2) is 3.72. The van der Waals surface area contributed by atoms with E-state index in [1.165, 1.54) is 11.1 Å². The van der Waals surface area contributed by atoms with Crippen LogP contribution in [-0.4, -0.2) is 11.4 Å². The Morgan fingerprint density at radius 3 is 3.08 bits per heavy atom. The van der Waals surface area contributed by atoms with Crippen LogP contribution in [0.15, 0.2) is 46.7 Å². The molecule has 2 rings (SSSR count). The summed E-state index contributed by atoms with van der Waals surface area (Å²) in [6, 6.07) is 0.250. The van der Waals surface area contributed by atoms with Crippen molar-refractivity contribution in [1.82, 2.24) is 5.32 Å². The molecule has 68 valence electrons. The zero-order valence-corrected chi connectivity index (χ0v) is 9.27. The predicted octanol–water partition coefficient (Wildman–Crippen LogP) is 2.86. The number of rotatable bonds is 1. The van der Waals surface area contributed by atoms with Crippen LogP contribution in [0.25, 0.3) is 0 Å². The molecular weight excluding hydrogens is 249 g/mol. The lowest BCUT2D eigenvalue weighted by atomic mass is 9.96. The van der Waals surface area contributed by atoms with Gasteiger partial charge in [0.15, 0.2) is 0 Å². The Bertz CT molecular complexity index is 339. The maximum Gasteiger partial charge on any atom is 0.102 e. The fourth-order valence-electron chi connectivity index (χ4n) is 1.42. The van der Waals surface area contributed by atoms with Crippen molar-refractivity contribution in [2.45, 2.75) is 6.04 Å². The first kappa shape index (κ1) is 9.10. The van der Waals surface area contributed by atoms with E-state index in [0.717, 1.165) is 5.33 Å². The summed E-state index contributed by atoms with van der Waals surface area (Å²) in [6.07, 6.45) is 10.3. The molecule has 1 aliphatic heterocycles. The van der Waals surface area contributed by atoms with Crippen LogP contribution in [0.1, 0.15) is 0 Å². The largest absolute Gasteiger partial charge is 0.366 e. The van der Waals surface area contributed by atoms with E-state index in [1.807, 2.05) is 6.08 Å². The minimum Gasteiger partial charge on any atom is -0.366 e. The highest BCUT2D eigenvalue weighted by atomic mass is 79.9. The molecule has 0 bridgehead atoms. The minimum absolute atomic E-state index is 0.250. The van der Waals surface area contributed by atoms with Gasteiger partial charge in [-0.2, -0.15) is 0 Å². The lowest BCUT2D eigenvalue weighted by Gasteiger charge is -2.23. The zero-order valence-electron chi connectivity index (χ0n) is 6.93. The maximum absolute atomic E-state index is 5.85. The molecule has 1 unspecified atom stereocenters. The average molecular weight is 259 g/mol. The second-order valence-corrected chi connectivity index (χ2v) is 3.98. The highest BCUT2D eigenvalue weighted by molar-refractivity contribution is 9.09. The summed E-state index contributed by atoms with van der Waals surface area (Å²) in [7, 11) is 0. The van der Waals surface area contributed by atoms with Gasteiger partial charge in [-0.1, -0.05) is 51.8 Å². The van der Waals surface area contributed by atoms with Crippen molar-refractivity contribution in [3.63, 3.8) is 0 Å². The Kier molecular flexibility index (Phi) is 2.61. The number of halogens is 2. The molecule has 0 saturated heterocycles. The van der Waals surface area contributed by atoms with E-state index in [-0.39, 0.29) is 6.04 Å². The maximum atomic E-state index is 5.85. The molecule has 1 atom stereocenters. The number of allylic oxidation sites excluding steroid dienone is 4. The molecule has 0 aromatic rings. The van der Waals surface area contributed by atoms with Gasteiger partial charge in [-0.25, -0.2) is 0 Å². The van der Waals surface area contributed by atoms with E-state index in [4.69, 9.17) is 11.6 Å². The summed E-state index contributed by atoms with van der Waals surface area (Å²) in [5, 5.41) is 4.77. The van der Waals surface area contributed by atoms with Crippen molar-refractivity contribution in [3.05, 3.63) is 46.7 Å². The minimum atomic E-state index is 0.250. The van der Waals surface area contributed by atoms with Crippen LogP contribution in [0.4, 0.5) is 0 Å². The molecule has 0 amide bonds. The quantitative estimate of drug-likeness (QED) is 0.563. The molecule has 0 aromatic carbocycles. The van der Waals surface area contributed by atoms with Gasteiger partial charge >= 0.3 is 0 Å². The number of hydrogen-bond donors (Lipinski definition) is 1. The third-order valence-electron chi connectivity index (χ3n) is 2.08. The topological polar surface area (TPSA) is 12.0 Å². The van der Waals surface area contributed by atoms with Crippen LogP contribution in [0, 0.1) is 0 Å². The summed E-state index contributed by atoms with van der Waals surface area (Å²) in [6.45, 7) is 0. The zero-order chi connectivity index (χ0) is 9.26. The molecule has 0 spiro atoms. The molecule has 0 aromatic heterocycles. The van der Waals surface area contributed by atoms with Gasteiger partial charge in [0.2, 0.25) is 0 Å². The molecule has 1 aliphatic carbocycles. The summed E-state index contributed by atoms with van der Waals surface area (Å²) in [5.74, 6) is 0. The van der Waals surface area contributed by atoms with Crippen LogP contribution in [0.3, 0.4) is 0 Å². The molecule has 0 radical (unpaired) electrons. The lowest BCUT2D eigenvalue weighted by Crippen LogP contribution is -2.29. The van der Waals surface area contributed by atoms with Crippen molar-refractivity contribution in [2.24, 2.45) is 0 Å². The van der Waals surface area contributed by atoms with E-state index in [1.54, 1.807) is 0 Å². The van der Waals surface area contributed by atoms with Crippen LogP contribution in [-0.2, 0) is 0 Å². The molecule has 0 fully saturated rings. The van der Waals surface area contributed by atoms with Crippen molar-refractivity contribution in [1.29, 1.82) is 0 Å². The highest BCUT2D eigenvalue weighted by Crippen LogP contribution is 2.22. The van der Waals surface area contributed by atoms with Gasteiger partial charge in [-0.05, 0) is 17.2 Å². The molecule has 1 nitrogen and oxygen atoms in total. The Balaban J connectivity index is 2.29. The summed E-state index contributed by atoms with van der Waals surface area (Å²) < 4.78 is 0. The molecule has 13 heavy (non-hydrogen) atoms. The Hall–Kier alpha value is -0.470. The third kappa shape index (κ3) is 1.89. The van der Waals surface area contributed by atoms with Gasteiger partial charge in [0.25, 0.3) is 0 Å². The number of fused-ring (bicyclic) bond motifs is 1. The summed E-state index contributed by atoms with van der Waals surface area (Å²) >= 11 is 9.28. The molecular formula is C10H9BrClN. The van der Waals surface area contributed by atoms with Gasteiger partial charge in [-0.3, -0.25) is 0 Å². The fraction of sp³-hybridized carbons (Fsp3) is 0.200. The van der Waals surface area contributed by atoms with Gasteiger partial charge in [0.05, 0.1) is 6.04 Å². The van der Waals surface area contributed by atoms with Gasteiger partial charge in [0, 0.05) is 5.33 Å². The smallest absolute Gasteiger partial charge is 0.102 e. The predicted molar refractivity (Wildman–Crippen MR) is 60.0 cm³/mol. The first-order valence-electron chi connectivity index (χ1n) is 4.08. The SMILES string of the molecule is ClC1=CC=C2C=C(CBr)C=CC2N1. The van der Waals surface area contributed by atoms with Crippen LogP contribution >= 0.6 is 27.5 Å². The average Bonchev–Trinajstić information content (AvgIpc) is 2.17. The highest BCUT2D eigenvalue weighted by Gasteiger charge is 2.16. The molecule has 1 heterocycles. The first-order chi connectivity index (χ1) is 6.29. The van der Waals surface area contributed by atoms with Crippen LogP contribution in [0.5, 0.6) is 0 Å². The Labute approximate surface area is 91.0 Å². The molecule has 2 aliphatic rings. The standard InChI is InChI=1S/C10H9BrClN/c11-6-7-1-3-9-8(5-7)2-4-10(12)13-9/h1-5,9,13H,6H2. The van der Waals surface area contributed by atoms with Crippen molar-refractivity contribution >= 4 is 27.5 Å². The summed E-state index contributed by atoms with van der Waals surface area (Å²) in [5.41, 5.74) is 2.55. The molecule has 3 heteroatoms. The van der Waals surface area contributed by atoms with E-state index in [9.17, 15) is 0 Å². The van der Waals surface area contributed by atoms with E-state index in [2.05, 4.69) is 45.6 Å². The monoisotopic (exact) mass is 257 g/mol. The Morgan fingerprint density at radius 1 is 1.46 bits per heavy atom. The number of hydrogen-bond acceptors (Lipinski definition) is 1.